The maximum absolute atomic E-state index is 5.60. The van der Waals surface area contributed by atoms with E-state index in [1.165, 1.54) is 11.3 Å². The van der Waals surface area contributed by atoms with Crippen molar-refractivity contribution in [2.45, 2.75) is 6.42 Å². The normalized spacial score (nSPS) is 14.4. The molecular weight excluding hydrogens is 124 g/mol. The van der Waals surface area contributed by atoms with E-state index in [4.69, 9.17) is 5.73 Å². The van der Waals surface area contributed by atoms with Crippen LogP contribution >= 0.6 is 0 Å². The Morgan fingerprint density at radius 1 is 1.40 bits per heavy atom. The molecule has 52 valence electrons. The number of anilines is 2. The number of benzene rings is 1. The van der Waals surface area contributed by atoms with Crippen LogP contribution in [-0.2, 0) is 6.42 Å². The lowest BCUT2D eigenvalue weighted by Crippen LogP contribution is -1.90. The minimum Gasteiger partial charge on any atom is -0.399 e. The summed E-state index contributed by atoms with van der Waals surface area (Å²) in [5.74, 6) is 0. The maximum Gasteiger partial charge on any atom is 0.0375 e. The Bertz CT molecular complexity index is 255. The first-order valence-electron chi connectivity index (χ1n) is 3.48. The fraction of sp³-hybridized carbons (Fsp3) is 0.250. The number of nitrogens with two attached hydrogens (primary N) is 1. The third-order valence-electron chi connectivity index (χ3n) is 1.84. The lowest BCUT2D eigenvalue weighted by Gasteiger charge is -1.98. The number of nitrogens with one attached hydrogen (secondary N) is 1. The van der Waals surface area contributed by atoms with Crippen LogP contribution in [0.1, 0.15) is 5.56 Å². The third-order valence-corrected chi connectivity index (χ3v) is 1.84. The Morgan fingerprint density at radius 2 is 2.30 bits per heavy atom. The molecule has 0 unspecified atom stereocenters. The van der Waals surface area contributed by atoms with Gasteiger partial charge >= 0.3 is 0 Å². The Morgan fingerprint density at radius 3 is 3.20 bits per heavy atom. The van der Waals surface area contributed by atoms with Gasteiger partial charge < -0.3 is 11.1 Å². The molecule has 0 fully saturated rings. The fourth-order valence-electron chi connectivity index (χ4n) is 1.32. The standard InChI is InChI=1S/C8H10N2/c9-7-1-2-8-6(5-7)3-4-10-8/h1-2,5,10H,3-4,9H2. The molecule has 1 aromatic rings. The number of nitrogen functional groups attached to an aromatic ring is 1. The Hall–Kier alpha value is -1.18. The van der Waals surface area contributed by atoms with Crippen molar-refractivity contribution in [1.29, 1.82) is 0 Å². The van der Waals surface area contributed by atoms with Crippen molar-refractivity contribution in [2.24, 2.45) is 0 Å². The van der Waals surface area contributed by atoms with Crippen LogP contribution < -0.4 is 11.1 Å². The van der Waals surface area contributed by atoms with Crippen molar-refractivity contribution in [3.05, 3.63) is 23.8 Å². The summed E-state index contributed by atoms with van der Waals surface area (Å²) in [6.45, 7) is 1.05. The van der Waals surface area contributed by atoms with E-state index in [2.05, 4.69) is 5.32 Å². The first kappa shape index (κ1) is 5.59. The van der Waals surface area contributed by atoms with Crippen molar-refractivity contribution in [3.63, 3.8) is 0 Å². The molecule has 0 bridgehead atoms. The average molecular weight is 134 g/mol. The van der Waals surface area contributed by atoms with Gasteiger partial charge in [0, 0.05) is 17.9 Å². The Labute approximate surface area is 60.0 Å². The molecule has 2 rings (SSSR count). The lowest BCUT2D eigenvalue weighted by molar-refractivity contribution is 1.11. The zero-order valence-corrected chi connectivity index (χ0v) is 5.72. The van der Waals surface area contributed by atoms with Crippen LogP contribution in [0.2, 0.25) is 0 Å². The van der Waals surface area contributed by atoms with Crippen LogP contribution in [0.3, 0.4) is 0 Å². The summed E-state index contributed by atoms with van der Waals surface area (Å²) < 4.78 is 0. The molecule has 2 heteroatoms. The summed E-state index contributed by atoms with van der Waals surface area (Å²) in [6.07, 6.45) is 1.11. The minimum absolute atomic E-state index is 0.863. The molecule has 0 saturated carbocycles. The molecule has 2 nitrogen and oxygen atoms in total. The molecule has 1 heterocycles. The van der Waals surface area contributed by atoms with Crippen molar-refractivity contribution in [2.75, 3.05) is 17.6 Å². The molecule has 0 spiro atoms. The first-order chi connectivity index (χ1) is 4.86. The highest BCUT2D eigenvalue weighted by Gasteiger charge is 2.07. The number of hydrogen-bond donors (Lipinski definition) is 2. The molecular formula is C8H10N2. The zero-order chi connectivity index (χ0) is 6.97. The molecule has 3 N–H and O–H groups in total. The zero-order valence-electron chi connectivity index (χ0n) is 5.72. The third kappa shape index (κ3) is 0.727. The molecule has 1 aliphatic rings. The largest absolute Gasteiger partial charge is 0.399 e. The van der Waals surface area contributed by atoms with Crippen molar-refractivity contribution < 1.29 is 0 Å². The Balaban J connectivity index is 2.52. The van der Waals surface area contributed by atoms with Gasteiger partial charge in [0.25, 0.3) is 0 Å². The van der Waals surface area contributed by atoms with Crippen LogP contribution in [0, 0.1) is 0 Å². The van der Waals surface area contributed by atoms with Crippen molar-refractivity contribution in [1.82, 2.24) is 0 Å². The first-order valence-corrected chi connectivity index (χ1v) is 3.48. The summed E-state index contributed by atoms with van der Waals surface area (Å²) in [7, 11) is 0. The Kier molecular flexibility index (Phi) is 1.07. The predicted octanol–water partition coefficient (Wildman–Crippen LogP) is 1.24. The van der Waals surface area contributed by atoms with E-state index in [1.54, 1.807) is 0 Å². The van der Waals surface area contributed by atoms with Gasteiger partial charge in [0.15, 0.2) is 0 Å². The van der Waals surface area contributed by atoms with Gasteiger partial charge in [0.1, 0.15) is 0 Å². The fourth-order valence-corrected chi connectivity index (χ4v) is 1.32. The van der Waals surface area contributed by atoms with Crippen LogP contribution in [-0.4, -0.2) is 6.54 Å². The molecule has 0 amide bonds. The quantitative estimate of drug-likeness (QED) is 0.524. The molecule has 0 aromatic heterocycles. The predicted molar refractivity (Wildman–Crippen MR) is 43.0 cm³/mol. The van der Waals surface area contributed by atoms with Gasteiger partial charge in [-0.05, 0) is 30.2 Å². The van der Waals surface area contributed by atoms with Gasteiger partial charge in [-0.15, -0.1) is 0 Å². The SMILES string of the molecule is Nc1ccc2c(c1)CCN2. The van der Waals surface area contributed by atoms with Gasteiger partial charge in [-0.2, -0.15) is 0 Å². The lowest BCUT2D eigenvalue weighted by atomic mass is 10.1. The monoisotopic (exact) mass is 134 g/mol. The maximum atomic E-state index is 5.60. The average Bonchev–Trinajstić information content (AvgIpc) is 2.33. The van der Waals surface area contributed by atoms with Gasteiger partial charge in [0.2, 0.25) is 0 Å². The van der Waals surface area contributed by atoms with Gasteiger partial charge in [-0.25, -0.2) is 0 Å². The van der Waals surface area contributed by atoms with Crippen molar-refractivity contribution >= 4 is 11.4 Å². The molecule has 0 atom stereocenters. The molecule has 0 saturated heterocycles. The van der Waals surface area contributed by atoms with Gasteiger partial charge in [-0.1, -0.05) is 0 Å². The summed E-state index contributed by atoms with van der Waals surface area (Å²) in [6, 6.07) is 6.00. The summed E-state index contributed by atoms with van der Waals surface area (Å²) in [4.78, 5) is 0. The van der Waals surface area contributed by atoms with Crippen molar-refractivity contribution in [3.8, 4) is 0 Å². The van der Waals surface area contributed by atoms with Crippen LogP contribution in [0.4, 0.5) is 11.4 Å². The smallest absolute Gasteiger partial charge is 0.0375 e. The van der Waals surface area contributed by atoms with E-state index < -0.39 is 0 Å². The molecule has 10 heavy (non-hydrogen) atoms. The molecule has 0 aliphatic carbocycles. The van der Waals surface area contributed by atoms with Gasteiger partial charge in [-0.3, -0.25) is 0 Å². The van der Waals surface area contributed by atoms with E-state index in [1.807, 2.05) is 18.2 Å². The van der Waals surface area contributed by atoms with E-state index in [0.29, 0.717) is 0 Å². The second-order valence-corrected chi connectivity index (χ2v) is 2.59. The van der Waals surface area contributed by atoms with Crippen LogP contribution in [0.5, 0.6) is 0 Å². The number of fused-ring (bicyclic) bond motifs is 1. The van der Waals surface area contributed by atoms with E-state index >= 15 is 0 Å². The highest BCUT2D eigenvalue weighted by molar-refractivity contribution is 5.60. The van der Waals surface area contributed by atoms with E-state index in [9.17, 15) is 0 Å². The van der Waals surface area contributed by atoms with Crippen LogP contribution in [0.15, 0.2) is 18.2 Å². The van der Waals surface area contributed by atoms with E-state index in [0.717, 1.165) is 18.7 Å². The summed E-state index contributed by atoms with van der Waals surface area (Å²) >= 11 is 0. The summed E-state index contributed by atoms with van der Waals surface area (Å²) in [5.41, 5.74) is 9.06. The van der Waals surface area contributed by atoms with Gasteiger partial charge in [0.05, 0.1) is 0 Å². The molecule has 1 aliphatic heterocycles. The summed E-state index contributed by atoms with van der Waals surface area (Å²) in [5, 5.41) is 3.27. The number of rotatable bonds is 0. The second kappa shape index (κ2) is 1.90. The number of hydrogen-bond acceptors (Lipinski definition) is 2. The molecule has 0 radical (unpaired) electrons. The highest BCUT2D eigenvalue weighted by Crippen LogP contribution is 2.23. The second-order valence-electron chi connectivity index (χ2n) is 2.59. The topological polar surface area (TPSA) is 38.0 Å². The highest BCUT2D eigenvalue weighted by atomic mass is 14.9. The molecule has 1 aromatic carbocycles. The minimum atomic E-state index is 0.863. The van der Waals surface area contributed by atoms with Crippen LogP contribution in [0.25, 0.3) is 0 Å². The van der Waals surface area contributed by atoms with E-state index in [-0.39, 0.29) is 0 Å².